The van der Waals surface area contributed by atoms with Crippen molar-refractivity contribution in [2.75, 3.05) is 4.90 Å². The SMILES string of the molecule is Cc1cccc(CN2C(=O)[C@](O)(CC(=O)c3ccco3)c3cc(Br)ccc32)c1. The zero-order chi connectivity index (χ0) is 19.9. The van der Waals surface area contributed by atoms with Crippen molar-refractivity contribution >= 4 is 33.3 Å². The molecule has 4 rings (SSSR count). The van der Waals surface area contributed by atoms with Crippen molar-refractivity contribution in [3.05, 3.63) is 87.8 Å². The number of nitrogens with zero attached hydrogens (tertiary/aromatic N) is 1. The number of carbonyl (C=O) groups excluding carboxylic acids is 2. The minimum absolute atomic E-state index is 0.120. The van der Waals surface area contributed by atoms with Crippen LogP contribution < -0.4 is 4.90 Å². The fraction of sp³-hybridized carbons (Fsp3) is 0.182. The number of halogens is 1. The minimum Gasteiger partial charge on any atom is -0.461 e. The van der Waals surface area contributed by atoms with Crippen molar-refractivity contribution in [2.45, 2.75) is 25.5 Å². The molecule has 0 bridgehead atoms. The number of anilines is 1. The van der Waals surface area contributed by atoms with Crippen LogP contribution in [-0.4, -0.2) is 16.8 Å². The number of aryl methyl sites for hydroxylation is 1. The highest BCUT2D eigenvalue weighted by Crippen LogP contribution is 2.44. The van der Waals surface area contributed by atoms with Gasteiger partial charge in [0, 0.05) is 10.0 Å². The van der Waals surface area contributed by atoms with Crippen LogP contribution >= 0.6 is 15.9 Å². The topological polar surface area (TPSA) is 70.8 Å². The van der Waals surface area contributed by atoms with Crippen molar-refractivity contribution in [3.8, 4) is 0 Å². The summed E-state index contributed by atoms with van der Waals surface area (Å²) in [6.45, 7) is 2.30. The van der Waals surface area contributed by atoms with Crippen LogP contribution in [0, 0.1) is 6.92 Å². The van der Waals surface area contributed by atoms with Gasteiger partial charge in [0.05, 0.1) is 24.9 Å². The van der Waals surface area contributed by atoms with Crippen LogP contribution in [0.25, 0.3) is 0 Å². The van der Waals surface area contributed by atoms with Gasteiger partial charge in [-0.15, -0.1) is 0 Å². The summed E-state index contributed by atoms with van der Waals surface area (Å²) in [5.74, 6) is -0.818. The average molecular weight is 440 g/mol. The molecular formula is C22H18BrNO4. The number of fused-ring (bicyclic) bond motifs is 1. The van der Waals surface area contributed by atoms with Gasteiger partial charge in [-0.05, 0) is 42.8 Å². The third-order valence-electron chi connectivity index (χ3n) is 4.93. The van der Waals surface area contributed by atoms with Crippen LogP contribution in [0.15, 0.2) is 69.8 Å². The Morgan fingerprint density at radius 2 is 2.00 bits per heavy atom. The summed E-state index contributed by atoms with van der Waals surface area (Å²) in [5.41, 5.74) is 1.11. The Morgan fingerprint density at radius 1 is 1.18 bits per heavy atom. The first-order valence-electron chi connectivity index (χ1n) is 8.85. The molecule has 142 valence electrons. The minimum atomic E-state index is -1.94. The number of amides is 1. The molecule has 5 nitrogen and oxygen atoms in total. The lowest BCUT2D eigenvalue weighted by atomic mass is 9.89. The first kappa shape index (κ1) is 18.7. The molecule has 3 aromatic rings. The van der Waals surface area contributed by atoms with Crippen LogP contribution in [0.3, 0.4) is 0 Å². The van der Waals surface area contributed by atoms with E-state index in [9.17, 15) is 14.7 Å². The molecule has 1 aliphatic heterocycles. The fourth-order valence-electron chi connectivity index (χ4n) is 3.60. The van der Waals surface area contributed by atoms with E-state index >= 15 is 0 Å². The quantitative estimate of drug-likeness (QED) is 0.599. The van der Waals surface area contributed by atoms with Gasteiger partial charge in [-0.25, -0.2) is 0 Å². The largest absolute Gasteiger partial charge is 0.461 e. The van der Waals surface area contributed by atoms with E-state index in [2.05, 4.69) is 15.9 Å². The number of rotatable bonds is 5. The van der Waals surface area contributed by atoms with Crippen LogP contribution in [0.4, 0.5) is 5.69 Å². The van der Waals surface area contributed by atoms with Gasteiger partial charge in [0.15, 0.2) is 11.4 Å². The molecule has 28 heavy (non-hydrogen) atoms. The number of carbonyl (C=O) groups is 2. The fourth-order valence-corrected chi connectivity index (χ4v) is 3.96. The molecule has 1 aromatic heterocycles. The third-order valence-corrected chi connectivity index (χ3v) is 5.42. The molecule has 1 atom stereocenters. The number of Topliss-reactive ketones (excluding diaryl/α,β-unsaturated/α-hetero) is 1. The van der Waals surface area contributed by atoms with Crippen molar-refractivity contribution in [3.63, 3.8) is 0 Å². The van der Waals surface area contributed by atoms with E-state index < -0.39 is 17.3 Å². The van der Waals surface area contributed by atoms with Gasteiger partial charge in [-0.1, -0.05) is 45.8 Å². The molecule has 2 heterocycles. The zero-order valence-corrected chi connectivity index (χ0v) is 16.8. The first-order chi connectivity index (χ1) is 13.4. The first-order valence-corrected chi connectivity index (χ1v) is 9.64. The van der Waals surface area contributed by atoms with E-state index in [1.807, 2.05) is 37.3 Å². The summed E-state index contributed by atoms with van der Waals surface area (Å²) in [5, 5.41) is 11.3. The van der Waals surface area contributed by atoms with Crippen LogP contribution in [0.2, 0.25) is 0 Å². The van der Waals surface area contributed by atoms with Crippen molar-refractivity contribution in [1.82, 2.24) is 0 Å². The van der Waals surface area contributed by atoms with E-state index in [-0.39, 0.29) is 12.2 Å². The molecule has 0 saturated carbocycles. The summed E-state index contributed by atoms with van der Waals surface area (Å²) in [4.78, 5) is 27.4. The molecule has 0 radical (unpaired) electrons. The second-order valence-corrected chi connectivity index (χ2v) is 7.90. The van der Waals surface area contributed by atoms with Gasteiger partial charge < -0.3 is 14.4 Å². The molecule has 0 unspecified atom stereocenters. The smallest absolute Gasteiger partial charge is 0.264 e. The lowest BCUT2D eigenvalue weighted by molar-refractivity contribution is -0.136. The zero-order valence-electron chi connectivity index (χ0n) is 15.2. The van der Waals surface area contributed by atoms with Gasteiger partial charge >= 0.3 is 0 Å². The molecule has 2 aromatic carbocycles. The second kappa shape index (κ2) is 7.04. The van der Waals surface area contributed by atoms with Gasteiger partial charge in [-0.2, -0.15) is 0 Å². The summed E-state index contributed by atoms with van der Waals surface area (Å²) in [6, 6.07) is 16.3. The molecule has 0 fully saturated rings. The Bertz CT molecular complexity index is 1060. The maximum absolute atomic E-state index is 13.3. The summed E-state index contributed by atoms with van der Waals surface area (Å²) in [7, 11) is 0. The number of ketones is 1. The lowest BCUT2D eigenvalue weighted by Crippen LogP contribution is -2.41. The second-order valence-electron chi connectivity index (χ2n) is 6.98. The third kappa shape index (κ3) is 3.19. The Balaban J connectivity index is 1.73. The maximum Gasteiger partial charge on any atom is 0.264 e. The molecule has 0 aliphatic carbocycles. The standard InChI is InChI=1S/C22H18BrNO4/c1-14-4-2-5-15(10-14)13-24-18-8-7-16(23)11-17(18)22(27,21(24)26)12-19(25)20-6-3-9-28-20/h2-11,27H,12-13H2,1H3/t22-/m0/s1. The van der Waals surface area contributed by atoms with Gasteiger partial charge in [0.1, 0.15) is 0 Å². The van der Waals surface area contributed by atoms with E-state index in [1.54, 1.807) is 18.2 Å². The molecule has 1 aliphatic rings. The van der Waals surface area contributed by atoms with E-state index in [4.69, 9.17) is 4.42 Å². The molecule has 0 spiro atoms. The average Bonchev–Trinajstić information content (AvgIpc) is 3.26. The van der Waals surface area contributed by atoms with E-state index in [0.29, 0.717) is 17.8 Å². The number of furan rings is 1. The van der Waals surface area contributed by atoms with Gasteiger partial charge in [0.2, 0.25) is 5.78 Å². The summed E-state index contributed by atoms with van der Waals surface area (Å²) < 4.78 is 5.86. The van der Waals surface area contributed by atoms with Crippen LogP contribution in [-0.2, 0) is 16.9 Å². The monoisotopic (exact) mass is 439 g/mol. The number of benzene rings is 2. The Hall–Kier alpha value is -2.70. The van der Waals surface area contributed by atoms with Crippen LogP contribution in [0.1, 0.15) is 33.7 Å². The maximum atomic E-state index is 13.3. The van der Waals surface area contributed by atoms with Crippen molar-refractivity contribution in [1.29, 1.82) is 0 Å². The van der Waals surface area contributed by atoms with Crippen molar-refractivity contribution in [2.24, 2.45) is 0 Å². The summed E-state index contributed by atoms with van der Waals surface area (Å²) >= 11 is 3.39. The molecule has 1 N–H and O–H groups in total. The van der Waals surface area contributed by atoms with Gasteiger partial charge in [-0.3, -0.25) is 9.59 Å². The summed E-state index contributed by atoms with van der Waals surface area (Å²) in [6.07, 6.45) is 1.01. The molecule has 6 heteroatoms. The van der Waals surface area contributed by atoms with E-state index in [1.165, 1.54) is 17.2 Å². The predicted octanol–water partition coefficient (Wildman–Crippen LogP) is 4.36. The predicted molar refractivity (Wildman–Crippen MR) is 108 cm³/mol. The molecule has 1 amide bonds. The highest BCUT2D eigenvalue weighted by Gasteiger charge is 2.51. The van der Waals surface area contributed by atoms with Gasteiger partial charge in [0.25, 0.3) is 5.91 Å². The number of hydrogen-bond acceptors (Lipinski definition) is 4. The highest BCUT2D eigenvalue weighted by atomic mass is 79.9. The Morgan fingerprint density at radius 3 is 2.71 bits per heavy atom. The Kier molecular flexibility index (Phi) is 4.69. The van der Waals surface area contributed by atoms with Crippen LogP contribution in [0.5, 0.6) is 0 Å². The molecule has 0 saturated heterocycles. The van der Waals surface area contributed by atoms with E-state index in [0.717, 1.165) is 15.6 Å². The Labute approximate surface area is 170 Å². The number of aliphatic hydroxyl groups is 1. The molecular weight excluding hydrogens is 422 g/mol. The highest BCUT2D eigenvalue weighted by molar-refractivity contribution is 9.10. The lowest BCUT2D eigenvalue weighted by Gasteiger charge is -2.22. The van der Waals surface area contributed by atoms with Crippen molar-refractivity contribution < 1.29 is 19.1 Å². The normalized spacial score (nSPS) is 18.4. The number of hydrogen-bond donors (Lipinski definition) is 1.